The van der Waals surface area contributed by atoms with Gasteiger partial charge in [0.2, 0.25) is 0 Å². The van der Waals surface area contributed by atoms with Crippen molar-refractivity contribution in [1.29, 1.82) is 0 Å². The highest BCUT2D eigenvalue weighted by Gasteiger charge is 2.45. The maximum Gasteiger partial charge on any atom is 0.389 e. The number of pyridine rings is 1. The molecular formula is C30H26F3N3O4. The molecule has 3 aliphatic rings. The van der Waals surface area contributed by atoms with Crippen molar-refractivity contribution in [1.82, 2.24) is 15.2 Å². The number of rotatable bonds is 6. The van der Waals surface area contributed by atoms with E-state index in [9.17, 15) is 32.7 Å². The summed E-state index contributed by atoms with van der Waals surface area (Å²) in [5.74, 6) is -2.12. The number of hydrogen-bond acceptors (Lipinski definition) is 4. The molecule has 1 aliphatic carbocycles. The van der Waals surface area contributed by atoms with Crippen molar-refractivity contribution in [2.45, 2.75) is 56.8 Å². The molecule has 0 saturated carbocycles. The Bertz CT molecular complexity index is 1530. The lowest BCUT2D eigenvalue weighted by Crippen LogP contribution is -2.27. The predicted molar refractivity (Wildman–Crippen MR) is 139 cm³/mol. The van der Waals surface area contributed by atoms with Gasteiger partial charge < -0.3 is 15.3 Å². The average Bonchev–Trinajstić information content (AvgIpc) is 3.63. The van der Waals surface area contributed by atoms with E-state index in [1.807, 2.05) is 24.3 Å². The van der Waals surface area contributed by atoms with Crippen molar-refractivity contribution in [2.24, 2.45) is 0 Å². The molecule has 0 bridgehead atoms. The maximum absolute atomic E-state index is 13.4. The number of alkyl halides is 3. The van der Waals surface area contributed by atoms with Gasteiger partial charge in [0.15, 0.2) is 0 Å². The summed E-state index contributed by atoms with van der Waals surface area (Å²) >= 11 is 0. The van der Waals surface area contributed by atoms with E-state index in [2.05, 4.69) is 10.3 Å². The number of halogens is 3. The third kappa shape index (κ3) is 4.51. The van der Waals surface area contributed by atoms with Crippen LogP contribution in [-0.2, 0) is 12.8 Å². The van der Waals surface area contributed by atoms with Gasteiger partial charge in [-0.15, -0.1) is 0 Å². The summed E-state index contributed by atoms with van der Waals surface area (Å²) < 4.78 is 39.4. The highest BCUT2D eigenvalue weighted by molar-refractivity contribution is 6.10. The highest BCUT2D eigenvalue weighted by atomic mass is 19.4. The second-order valence-corrected chi connectivity index (χ2v) is 10.5. The van der Waals surface area contributed by atoms with Gasteiger partial charge in [0.05, 0.1) is 34.6 Å². The summed E-state index contributed by atoms with van der Waals surface area (Å²) in [6.07, 6.45) is -3.34. The van der Waals surface area contributed by atoms with E-state index < -0.39 is 30.6 Å². The number of nitrogens with one attached hydrogen (secondary N) is 1. The molecule has 206 valence electrons. The molecule has 0 spiro atoms. The van der Waals surface area contributed by atoms with Gasteiger partial charge >= 0.3 is 12.1 Å². The van der Waals surface area contributed by atoms with E-state index in [-0.39, 0.29) is 40.7 Å². The predicted octanol–water partition coefficient (Wildman–Crippen LogP) is 5.65. The molecule has 0 unspecified atom stereocenters. The van der Waals surface area contributed by atoms with Gasteiger partial charge in [0, 0.05) is 24.1 Å². The van der Waals surface area contributed by atoms with Crippen molar-refractivity contribution < 1.29 is 32.7 Å². The molecular weight excluding hydrogens is 523 g/mol. The molecule has 2 N–H and O–H groups in total. The number of aryl methyl sites for hydroxylation is 2. The lowest BCUT2D eigenvalue weighted by Gasteiger charge is -2.17. The van der Waals surface area contributed by atoms with Crippen LogP contribution in [-0.4, -0.2) is 45.5 Å². The largest absolute Gasteiger partial charge is 0.478 e. The molecule has 6 rings (SSSR count). The number of carboxylic acid groups (broad SMARTS) is 1. The van der Waals surface area contributed by atoms with Crippen molar-refractivity contribution in [2.75, 3.05) is 6.54 Å². The van der Waals surface area contributed by atoms with E-state index in [4.69, 9.17) is 0 Å². The third-order valence-electron chi connectivity index (χ3n) is 8.08. The summed E-state index contributed by atoms with van der Waals surface area (Å²) in [6.45, 7) is 0.475. The Kier molecular flexibility index (Phi) is 6.35. The molecule has 40 heavy (non-hydrogen) atoms. The quantitative estimate of drug-likeness (QED) is 0.414. The second-order valence-electron chi connectivity index (χ2n) is 10.5. The van der Waals surface area contributed by atoms with E-state index in [1.165, 1.54) is 5.56 Å². The Labute approximate surface area is 228 Å². The summed E-state index contributed by atoms with van der Waals surface area (Å²) in [6, 6.07) is 13.6. The minimum absolute atomic E-state index is 0.0609. The molecule has 3 heterocycles. The van der Waals surface area contributed by atoms with Crippen LogP contribution in [0.4, 0.5) is 13.2 Å². The second kappa shape index (κ2) is 9.76. The molecule has 7 nitrogen and oxygen atoms in total. The molecule has 1 fully saturated rings. The van der Waals surface area contributed by atoms with Crippen molar-refractivity contribution in [3.05, 3.63) is 87.7 Å². The fourth-order valence-corrected chi connectivity index (χ4v) is 6.25. The number of fused-ring (bicyclic) bond motifs is 4. The number of benzene rings is 2. The fourth-order valence-electron chi connectivity index (χ4n) is 6.25. The molecule has 2 amide bonds. The monoisotopic (exact) mass is 549 g/mol. The van der Waals surface area contributed by atoms with Crippen LogP contribution >= 0.6 is 0 Å². The Morgan fingerprint density at radius 3 is 2.52 bits per heavy atom. The first kappa shape index (κ1) is 26.0. The highest BCUT2D eigenvalue weighted by Crippen LogP contribution is 2.46. The molecule has 1 saturated heterocycles. The van der Waals surface area contributed by atoms with Gasteiger partial charge in [-0.1, -0.05) is 36.4 Å². The van der Waals surface area contributed by atoms with Gasteiger partial charge in [-0.05, 0) is 60.9 Å². The third-order valence-corrected chi connectivity index (χ3v) is 8.08. The SMILES string of the molecule is O=C(N[C@@H]1CCc2ccccc21)c1ccc(-c2c(C(=O)O)c(CCC(F)(F)F)nc3c2C(=O)N2CCC[C@@H]32)cc1. The first-order valence-corrected chi connectivity index (χ1v) is 13.3. The topological polar surface area (TPSA) is 99.6 Å². The number of aromatic nitrogens is 1. The standard InChI is InChI=1S/C30H26F3N3O4/c31-30(32,33)14-13-21-24(29(39)40)23(25-26(34-21)22-6-3-15-36(22)28(25)38)17-7-9-18(10-8-17)27(37)35-20-12-11-16-4-1-2-5-19(16)20/h1-2,4-5,7-10,20,22H,3,6,11-15H2,(H,35,37)(H,39,40)/t20-,22+/m1/s1. The number of nitrogens with zero attached hydrogens (tertiary/aromatic N) is 2. The average molecular weight is 550 g/mol. The fraction of sp³-hybridized carbons (Fsp3) is 0.333. The first-order chi connectivity index (χ1) is 19.1. The van der Waals surface area contributed by atoms with Crippen molar-refractivity contribution in [3.63, 3.8) is 0 Å². The van der Waals surface area contributed by atoms with Gasteiger partial charge in [-0.3, -0.25) is 14.6 Å². The number of hydrogen-bond donors (Lipinski definition) is 2. The van der Waals surface area contributed by atoms with Crippen molar-refractivity contribution >= 4 is 17.8 Å². The molecule has 1 aromatic heterocycles. The number of carbonyl (C=O) groups excluding carboxylic acids is 2. The van der Waals surface area contributed by atoms with Crippen molar-refractivity contribution in [3.8, 4) is 11.1 Å². The Morgan fingerprint density at radius 1 is 1.05 bits per heavy atom. The molecule has 0 radical (unpaired) electrons. The number of carbonyl (C=O) groups is 3. The van der Waals surface area contributed by atoms with Crippen LogP contribution in [0.2, 0.25) is 0 Å². The lowest BCUT2D eigenvalue weighted by atomic mass is 9.90. The molecule has 2 aromatic carbocycles. The number of amides is 2. The minimum Gasteiger partial charge on any atom is -0.478 e. The number of aromatic carboxylic acids is 1. The summed E-state index contributed by atoms with van der Waals surface area (Å²) in [5, 5.41) is 13.2. The van der Waals surface area contributed by atoms with Crippen LogP contribution in [0.1, 0.15) is 91.4 Å². The van der Waals surface area contributed by atoms with E-state index >= 15 is 0 Å². The first-order valence-electron chi connectivity index (χ1n) is 13.3. The molecule has 2 atom stereocenters. The zero-order valence-electron chi connectivity index (χ0n) is 21.4. The van der Waals surface area contributed by atoms with Crippen LogP contribution in [0, 0.1) is 0 Å². The van der Waals surface area contributed by atoms with Crippen LogP contribution < -0.4 is 5.32 Å². The zero-order valence-corrected chi connectivity index (χ0v) is 21.4. The van der Waals surface area contributed by atoms with E-state index in [0.717, 1.165) is 24.8 Å². The molecule has 2 aliphatic heterocycles. The van der Waals surface area contributed by atoms with Crippen LogP contribution in [0.25, 0.3) is 11.1 Å². The summed E-state index contributed by atoms with van der Waals surface area (Å²) in [5.41, 5.74) is 2.88. The Morgan fingerprint density at radius 2 is 1.80 bits per heavy atom. The van der Waals surface area contributed by atoms with Crippen LogP contribution in [0.5, 0.6) is 0 Å². The van der Waals surface area contributed by atoms with Crippen LogP contribution in [0.3, 0.4) is 0 Å². The normalized spacial score (nSPS) is 19.4. The van der Waals surface area contributed by atoms with E-state index in [0.29, 0.717) is 29.8 Å². The maximum atomic E-state index is 13.4. The Balaban J connectivity index is 1.38. The summed E-state index contributed by atoms with van der Waals surface area (Å²) in [7, 11) is 0. The minimum atomic E-state index is -4.50. The van der Waals surface area contributed by atoms with E-state index in [1.54, 1.807) is 29.2 Å². The van der Waals surface area contributed by atoms with Gasteiger partial charge in [-0.2, -0.15) is 13.2 Å². The van der Waals surface area contributed by atoms with Gasteiger partial charge in [-0.25, -0.2) is 4.79 Å². The smallest absolute Gasteiger partial charge is 0.389 e. The zero-order chi connectivity index (χ0) is 28.2. The lowest BCUT2D eigenvalue weighted by molar-refractivity contribution is -0.134. The Hall–Kier alpha value is -4.21. The molecule has 3 aromatic rings. The van der Waals surface area contributed by atoms with Gasteiger partial charge in [0.25, 0.3) is 11.8 Å². The van der Waals surface area contributed by atoms with Crippen LogP contribution in [0.15, 0.2) is 48.5 Å². The summed E-state index contributed by atoms with van der Waals surface area (Å²) in [4.78, 5) is 44.9. The van der Waals surface area contributed by atoms with Gasteiger partial charge in [0.1, 0.15) is 0 Å². The molecule has 10 heteroatoms. The number of carboxylic acids is 1.